The van der Waals surface area contributed by atoms with E-state index >= 15 is 0 Å². The molecular weight excluding hydrogens is 388 g/mol. The van der Waals surface area contributed by atoms with E-state index < -0.39 is 11.6 Å². The summed E-state index contributed by atoms with van der Waals surface area (Å²) in [6.45, 7) is 6.73. The van der Waals surface area contributed by atoms with Gasteiger partial charge in [-0.15, -0.1) is 0 Å². The molecule has 0 saturated heterocycles. The highest BCUT2D eigenvalue weighted by atomic mass is 16.6. The van der Waals surface area contributed by atoms with Crippen molar-refractivity contribution in [2.75, 3.05) is 13.7 Å². The maximum atomic E-state index is 12.9. The highest BCUT2D eigenvalue weighted by Gasteiger charge is 2.18. The van der Waals surface area contributed by atoms with E-state index in [1.165, 1.54) is 7.11 Å². The van der Waals surface area contributed by atoms with Gasteiger partial charge in [0.15, 0.2) is 18.1 Å². The highest BCUT2D eigenvalue weighted by molar-refractivity contribution is 5.80. The molecule has 0 N–H and O–H groups in total. The Morgan fingerprint density at radius 3 is 2.43 bits per heavy atom. The van der Waals surface area contributed by atoms with Crippen molar-refractivity contribution in [3.05, 3.63) is 58.4 Å². The summed E-state index contributed by atoms with van der Waals surface area (Å²) in [4.78, 5) is 24.8. The van der Waals surface area contributed by atoms with Crippen LogP contribution in [0, 0.1) is 6.92 Å². The zero-order valence-electron chi connectivity index (χ0n) is 17.6. The number of hydrogen-bond donors (Lipinski definition) is 0. The second-order valence-electron chi connectivity index (χ2n) is 7.60. The van der Waals surface area contributed by atoms with Crippen molar-refractivity contribution < 1.29 is 28.2 Å². The molecule has 3 aromatic rings. The Morgan fingerprint density at radius 1 is 1.07 bits per heavy atom. The molecule has 0 aliphatic rings. The van der Waals surface area contributed by atoms with Gasteiger partial charge in [0.2, 0.25) is 11.2 Å². The van der Waals surface area contributed by atoms with E-state index in [2.05, 4.69) is 0 Å². The van der Waals surface area contributed by atoms with Crippen LogP contribution in [0.2, 0.25) is 0 Å². The predicted octanol–water partition coefficient (Wildman–Crippen LogP) is 4.62. The molecule has 7 nitrogen and oxygen atoms in total. The number of para-hydroxylation sites is 2. The van der Waals surface area contributed by atoms with Crippen LogP contribution in [0.4, 0.5) is 0 Å². The normalized spacial score (nSPS) is 11.2. The maximum Gasteiger partial charge on any atom is 0.344 e. The number of esters is 1. The van der Waals surface area contributed by atoms with Gasteiger partial charge in [-0.1, -0.05) is 12.1 Å². The largest absolute Gasteiger partial charge is 0.493 e. The molecule has 0 fully saturated rings. The SMILES string of the molecule is COc1ccccc1Oc1c(C)oc2cc(OCC(=O)OC(C)(C)C)ccc2c1=O. The molecule has 158 valence electrons. The second kappa shape index (κ2) is 8.49. The van der Waals surface area contributed by atoms with Crippen molar-refractivity contribution in [1.29, 1.82) is 0 Å². The van der Waals surface area contributed by atoms with Gasteiger partial charge in [0.1, 0.15) is 22.7 Å². The molecule has 2 aromatic carbocycles. The Balaban J connectivity index is 1.86. The van der Waals surface area contributed by atoms with E-state index in [0.29, 0.717) is 34.0 Å². The van der Waals surface area contributed by atoms with Gasteiger partial charge in [-0.3, -0.25) is 4.79 Å². The molecule has 1 aromatic heterocycles. The molecule has 0 aliphatic heterocycles. The Bertz CT molecular complexity index is 1120. The highest BCUT2D eigenvalue weighted by Crippen LogP contribution is 2.32. The first kappa shape index (κ1) is 21.2. The zero-order chi connectivity index (χ0) is 21.9. The van der Waals surface area contributed by atoms with E-state index in [9.17, 15) is 9.59 Å². The molecule has 3 rings (SSSR count). The molecule has 0 amide bonds. The summed E-state index contributed by atoms with van der Waals surface area (Å²) in [6, 6.07) is 11.7. The average Bonchev–Trinajstić information content (AvgIpc) is 2.68. The van der Waals surface area contributed by atoms with Crippen molar-refractivity contribution in [3.63, 3.8) is 0 Å². The van der Waals surface area contributed by atoms with Crippen LogP contribution in [0.5, 0.6) is 23.0 Å². The van der Waals surface area contributed by atoms with Crippen molar-refractivity contribution in [3.8, 4) is 23.0 Å². The summed E-state index contributed by atoms with van der Waals surface area (Å²) in [5.74, 6) is 1.20. The lowest BCUT2D eigenvalue weighted by atomic mass is 10.2. The molecule has 0 radical (unpaired) electrons. The number of rotatable bonds is 6. The van der Waals surface area contributed by atoms with Gasteiger partial charge >= 0.3 is 5.97 Å². The minimum atomic E-state index is -0.592. The van der Waals surface area contributed by atoms with Crippen molar-refractivity contribution in [1.82, 2.24) is 0 Å². The molecule has 1 heterocycles. The topological polar surface area (TPSA) is 84.2 Å². The molecule has 0 saturated carbocycles. The van der Waals surface area contributed by atoms with Gasteiger partial charge in [-0.2, -0.15) is 0 Å². The van der Waals surface area contributed by atoms with Crippen LogP contribution in [-0.2, 0) is 9.53 Å². The summed E-state index contributed by atoms with van der Waals surface area (Å²) in [6.07, 6.45) is 0. The van der Waals surface area contributed by atoms with Gasteiger partial charge in [-0.05, 0) is 52.0 Å². The first-order valence-electron chi connectivity index (χ1n) is 9.41. The van der Waals surface area contributed by atoms with Gasteiger partial charge in [0.25, 0.3) is 0 Å². The van der Waals surface area contributed by atoms with E-state index in [1.54, 1.807) is 70.2 Å². The van der Waals surface area contributed by atoms with E-state index in [1.807, 2.05) is 0 Å². The molecule has 0 bridgehead atoms. The second-order valence-corrected chi connectivity index (χ2v) is 7.60. The third kappa shape index (κ3) is 4.92. The quantitative estimate of drug-likeness (QED) is 0.546. The summed E-state index contributed by atoms with van der Waals surface area (Å²) < 4.78 is 27.5. The third-order valence-electron chi connectivity index (χ3n) is 4.04. The first-order valence-corrected chi connectivity index (χ1v) is 9.41. The minimum absolute atomic E-state index is 0.0782. The monoisotopic (exact) mass is 412 g/mol. The summed E-state index contributed by atoms with van der Waals surface area (Å²) >= 11 is 0. The van der Waals surface area contributed by atoms with Crippen LogP contribution in [0.15, 0.2) is 51.7 Å². The third-order valence-corrected chi connectivity index (χ3v) is 4.04. The molecule has 7 heteroatoms. The Morgan fingerprint density at radius 2 is 1.77 bits per heavy atom. The lowest BCUT2D eigenvalue weighted by Gasteiger charge is -2.19. The van der Waals surface area contributed by atoms with Gasteiger partial charge < -0.3 is 23.4 Å². The number of ether oxygens (including phenoxy) is 4. The number of carbonyl (C=O) groups excluding carboxylic acids is 1. The van der Waals surface area contributed by atoms with Crippen LogP contribution < -0.4 is 19.6 Å². The van der Waals surface area contributed by atoms with Gasteiger partial charge in [0, 0.05) is 6.07 Å². The van der Waals surface area contributed by atoms with Crippen molar-refractivity contribution in [2.24, 2.45) is 0 Å². The maximum absolute atomic E-state index is 12.9. The van der Waals surface area contributed by atoms with E-state index in [0.717, 1.165) is 0 Å². The first-order chi connectivity index (χ1) is 14.2. The van der Waals surface area contributed by atoms with Gasteiger partial charge in [0.05, 0.1) is 12.5 Å². The number of benzene rings is 2. The Hall–Kier alpha value is -3.48. The summed E-state index contributed by atoms with van der Waals surface area (Å²) in [5, 5.41) is 0.329. The van der Waals surface area contributed by atoms with Gasteiger partial charge in [-0.25, -0.2) is 4.79 Å². The molecule has 0 atom stereocenters. The van der Waals surface area contributed by atoms with Crippen LogP contribution in [0.3, 0.4) is 0 Å². The number of carbonyl (C=O) groups is 1. The Labute approximate surface area is 174 Å². The lowest BCUT2D eigenvalue weighted by molar-refractivity contribution is -0.157. The number of aryl methyl sites for hydroxylation is 1. The Kier molecular flexibility index (Phi) is 6.01. The summed E-state index contributed by atoms with van der Waals surface area (Å²) in [7, 11) is 1.52. The standard InChI is InChI=1S/C23H24O7/c1-14-22(29-18-9-7-6-8-17(18)26-5)21(25)16-11-10-15(12-19(16)28-14)27-13-20(24)30-23(2,3)4/h6-12H,13H2,1-5H3. The fourth-order valence-corrected chi connectivity index (χ4v) is 2.80. The van der Waals surface area contributed by atoms with Crippen LogP contribution in [0.25, 0.3) is 11.0 Å². The van der Waals surface area contributed by atoms with E-state index in [4.69, 9.17) is 23.4 Å². The summed E-state index contributed by atoms with van der Waals surface area (Å²) in [5.41, 5.74) is -0.587. The molecule has 0 spiro atoms. The smallest absolute Gasteiger partial charge is 0.344 e. The minimum Gasteiger partial charge on any atom is -0.493 e. The molecular formula is C23H24O7. The lowest BCUT2D eigenvalue weighted by Crippen LogP contribution is -2.27. The number of methoxy groups -OCH3 is 1. The molecule has 0 aliphatic carbocycles. The van der Waals surface area contributed by atoms with Crippen molar-refractivity contribution >= 4 is 16.9 Å². The number of hydrogen-bond acceptors (Lipinski definition) is 7. The molecule has 0 unspecified atom stereocenters. The predicted molar refractivity (Wildman–Crippen MR) is 112 cm³/mol. The van der Waals surface area contributed by atoms with Crippen LogP contribution >= 0.6 is 0 Å². The van der Waals surface area contributed by atoms with Crippen molar-refractivity contribution in [2.45, 2.75) is 33.3 Å². The number of fused-ring (bicyclic) bond motifs is 1. The van der Waals surface area contributed by atoms with E-state index in [-0.39, 0.29) is 17.8 Å². The van der Waals surface area contributed by atoms with Crippen LogP contribution in [-0.4, -0.2) is 25.3 Å². The fourth-order valence-electron chi connectivity index (χ4n) is 2.80. The fraction of sp³-hybridized carbons (Fsp3) is 0.304. The molecule has 30 heavy (non-hydrogen) atoms. The average molecular weight is 412 g/mol. The van der Waals surface area contributed by atoms with Crippen LogP contribution in [0.1, 0.15) is 26.5 Å². The zero-order valence-corrected chi connectivity index (χ0v) is 17.6.